The fourth-order valence-corrected chi connectivity index (χ4v) is 4.37. The molecule has 1 saturated heterocycles. The van der Waals surface area contributed by atoms with Crippen LogP contribution in [0.4, 0.5) is 0 Å². The summed E-state index contributed by atoms with van der Waals surface area (Å²) in [7, 11) is 0. The van der Waals surface area contributed by atoms with Crippen LogP contribution in [0, 0.1) is 17.8 Å². The van der Waals surface area contributed by atoms with Gasteiger partial charge in [-0.3, -0.25) is 4.79 Å². The summed E-state index contributed by atoms with van der Waals surface area (Å²) in [6.07, 6.45) is 10.1. The zero-order valence-electron chi connectivity index (χ0n) is 13.0. The first kappa shape index (κ1) is 15.3. The summed E-state index contributed by atoms with van der Waals surface area (Å²) < 4.78 is 5.41. The van der Waals surface area contributed by atoms with E-state index >= 15 is 0 Å². The standard InChI is InChI=1S/C17H29NO3/c19-9-6-17(7-10-21-11-8-17)18-16(20)15-12-14(15)13-4-2-1-3-5-13/h13-15,19H,1-12H2,(H,18,20)/t14-,15-/m1/s1. The number of ether oxygens (including phenoxy) is 1. The van der Waals surface area contributed by atoms with E-state index in [4.69, 9.17) is 4.74 Å². The van der Waals surface area contributed by atoms with Gasteiger partial charge in [0.2, 0.25) is 5.91 Å². The maximum Gasteiger partial charge on any atom is 0.223 e. The number of aliphatic hydroxyl groups excluding tert-OH is 1. The molecule has 4 heteroatoms. The van der Waals surface area contributed by atoms with E-state index in [1.807, 2.05) is 0 Å². The molecule has 3 aliphatic rings. The molecular formula is C17H29NO3. The summed E-state index contributed by atoms with van der Waals surface area (Å²) in [4.78, 5) is 12.6. The van der Waals surface area contributed by atoms with Gasteiger partial charge in [0.1, 0.15) is 0 Å². The highest BCUT2D eigenvalue weighted by Gasteiger charge is 2.49. The lowest BCUT2D eigenvalue weighted by molar-refractivity contribution is -0.126. The molecule has 3 fully saturated rings. The van der Waals surface area contributed by atoms with Crippen LogP contribution in [-0.4, -0.2) is 36.4 Å². The van der Waals surface area contributed by atoms with Crippen molar-refractivity contribution in [3.63, 3.8) is 0 Å². The van der Waals surface area contributed by atoms with Gasteiger partial charge in [-0.05, 0) is 37.5 Å². The lowest BCUT2D eigenvalue weighted by atomic mass is 9.84. The van der Waals surface area contributed by atoms with Gasteiger partial charge in [-0.25, -0.2) is 0 Å². The summed E-state index contributed by atoms with van der Waals surface area (Å²) in [5, 5.41) is 12.6. The minimum Gasteiger partial charge on any atom is -0.396 e. The first-order valence-electron chi connectivity index (χ1n) is 8.75. The fraction of sp³-hybridized carbons (Fsp3) is 0.941. The quantitative estimate of drug-likeness (QED) is 0.818. The van der Waals surface area contributed by atoms with Gasteiger partial charge in [0.05, 0.1) is 0 Å². The second-order valence-electron chi connectivity index (χ2n) is 7.26. The van der Waals surface area contributed by atoms with Crippen molar-refractivity contribution in [1.29, 1.82) is 0 Å². The Morgan fingerprint density at radius 2 is 1.90 bits per heavy atom. The molecule has 3 rings (SSSR count). The van der Waals surface area contributed by atoms with Gasteiger partial charge in [0.25, 0.3) is 0 Å². The first-order chi connectivity index (χ1) is 10.2. The predicted octanol–water partition coefficient (Wildman–Crippen LogP) is 2.25. The number of aliphatic hydroxyl groups is 1. The molecule has 21 heavy (non-hydrogen) atoms. The average molecular weight is 295 g/mol. The Morgan fingerprint density at radius 3 is 2.57 bits per heavy atom. The van der Waals surface area contributed by atoms with Crippen LogP contribution in [0.2, 0.25) is 0 Å². The number of rotatable bonds is 5. The molecule has 2 N–H and O–H groups in total. The lowest BCUT2D eigenvalue weighted by Gasteiger charge is -2.38. The number of nitrogens with one attached hydrogen (secondary N) is 1. The smallest absolute Gasteiger partial charge is 0.223 e. The Bertz CT molecular complexity index is 354. The van der Waals surface area contributed by atoms with Gasteiger partial charge in [-0.15, -0.1) is 0 Å². The van der Waals surface area contributed by atoms with E-state index in [-0.39, 0.29) is 24.0 Å². The zero-order valence-corrected chi connectivity index (χ0v) is 13.0. The molecule has 1 heterocycles. The molecule has 0 aromatic carbocycles. The third-order valence-corrected chi connectivity index (χ3v) is 5.86. The van der Waals surface area contributed by atoms with Crippen molar-refractivity contribution < 1.29 is 14.6 Å². The molecule has 0 spiro atoms. The molecule has 0 bridgehead atoms. The van der Waals surface area contributed by atoms with E-state index in [0.29, 0.717) is 25.6 Å². The number of hydrogen-bond donors (Lipinski definition) is 2. The van der Waals surface area contributed by atoms with Crippen LogP contribution >= 0.6 is 0 Å². The molecular weight excluding hydrogens is 266 g/mol. The highest BCUT2D eigenvalue weighted by Crippen LogP contribution is 2.49. The number of carbonyl (C=O) groups excluding carboxylic acids is 1. The third-order valence-electron chi connectivity index (χ3n) is 5.86. The lowest BCUT2D eigenvalue weighted by Crippen LogP contribution is -2.53. The van der Waals surface area contributed by atoms with Gasteiger partial charge in [-0.2, -0.15) is 0 Å². The van der Waals surface area contributed by atoms with Crippen LogP contribution in [0.15, 0.2) is 0 Å². The third kappa shape index (κ3) is 3.59. The summed E-state index contributed by atoms with van der Waals surface area (Å²) in [5.41, 5.74) is -0.218. The summed E-state index contributed by atoms with van der Waals surface area (Å²) in [6, 6.07) is 0. The van der Waals surface area contributed by atoms with E-state index in [9.17, 15) is 9.90 Å². The molecule has 4 nitrogen and oxygen atoms in total. The van der Waals surface area contributed by atoms with Crippen LogP contribution in [0.5, 0.6) is 0 Å². The molecule has 1 aliphatic heterocycles. The van der Waals surface area contributed by atoms with Crippen molar-refractivity contribution in [3.05, 3.63) is 0 Å². The van der Waals surface area contributed by atoms with Crippen LogP contribution < -0.4 is 5.32 Å². The molecule has 2 atom stereocenters. The predicted molar refractivity (Wildman–Crippen MR) is 80.8 cm³/mol. The van der Waals surface area contributed by atoms with Crippen molar-refractivity contribution in [1.82, 2.24) is 5.32 Å². The van der Waals surface area contributed by atoms with Crippen molar-refractivity contribution in [3.8, 4) is 0 Å². The molecule has 0 unspecified atom stereocenters. The zero-order chi connectivity index (χ0) is 14.7. The molecule has 1 amide bonds. The van der Waals surface area contributed by atoms with Gasteiger partial charge < -0.3 is 15.2 Å². The Morgan fingerprint density at radius 1 is 1.19 bits per heavy atom. The normalized spacial score (nSPS) is 32.6. The van der Waals surface area contributed by atoms with Gasteiger partial charge in [0, 0.05) is 31.3 Å². The van der Waals surface area contributed by atoms with E-state index in [2.05, 4.69) is 5.32 Å². The maximum absolute atomic E-state index is 12.6. The second kappa shape index (κ2) is 6.66. The Hall–Kier alpha value is -0.610. The fourth-order valence-electron chi connectivity index (χ4n) is 4.37. The Labute approximate surface area is 127 Å². The van der Waals surface area contributed by atoms with E-state index in [0.717, 1.165) is 25.2 Å². The van der Waals surface area contributed by atoms with E-state index in [1.54, 1.807) is 0 Å². The molecule has 0 aromatic rings. The van der Waals surface area contributed by atoms with Crippen molar-refractivity contribution in [2.45, 2.75) is 63.3 Å². The van der Waals surface area contributed by atoms with Crippen molar-refractivity contribution in [2.24, 2.45) is 17.8 Å². The van der Waals surface area contributed by atoms with E-state index < -0.39 is 0 Å². The van der Waals surface area contributed by atoms with Gasteiger partial charge in [-0.1, -0.05) is 32.1 Å². The summed E-state index contributed by atoms with van der Waals surface area (Å²) in [5.74, 6) is 1.90. The topological polar surface area (TPSA) is 58.6 Å². The minimum absolute atomic E-state index is 0.136. The molecule has 0 aromatic heterocycles. The monoisotopic (exact) mass is 295 g/mol. The number of amides is 1. The minimum atomic E-state index is -0.218. The van der Waals surface area contributed by atoms with Gasteiger partial charge >= 0.3 is 0 Å². The first-order valence-corrected chi connectivity index (χ1v) is 8.75. The summed E-state index contributed by atoms with van der Waals surface area (Å²) in [6.45, 7) is 1.52. The largest absolute Gasteiger partial charge is 0.396 e. The number of hydrogen-bond acceptors (Lipinski definition) is 3. The van der Waals surface area contributed by atoms with E-state index in [1.165, 1.54) is 32.1 Å². The van der Waals surface area contributed by atoms with Crippen LogP contribution in [0.3, 0.4) is 0 Å². The van der Waals surface area contributed by atoms with Crippen molar-refractivity contribution in [2.75, 3.05) is 19.8 Å². The highest BCUT2D eigenvalue weighted by molar-refractivity contribution is 5.82. The van der Waals surface area contributed by atoms with Crippen LogP contribution in [0.25, 0.3) is 0 Å². The molecule has 0 radical (unpaired) electrons. The second-order valence-corrected chi connectivity index (χ2v) is 7.26. The molecule has 2 aliphatic carbocycles. The van der Waals surface area contributed by atoms with Gasteiger partial charge in [0.15, 0.2) is 0 Å². The highest BCUT2D eigenvalue weighted by atomic mass is 16.5. The Kier molecular flexibility index (Phi) is 4.85. The summed E-state index contributed by atoms with van der Waals surface area (Å²) >= 11 is 0. The number of carbonyl (C=O) groups is 1. The maximum atomic E-state index is 12.6. The molecule has 120 valence electrons. The van der Waals surface area contributed by atoms with Crippen LogP contribution in [0.1, 0.15) is 57.8 Å². The SMILES string of the molecule is O=C(NC1(CCO)CCOCC1)[C@@H]1C[C@@H]1C1CCCCC1. The van der Waals surface area contributed by atoms with Crippen LogP contribution in [-0.2, 0) is 9.53 Å². The Balaban J connectivity index is 1.53. The van der Waals surface area contributed by atoms with Crippen molar-refractivity contribution >= 4 is 5.91 Å². The average Bonchev–Trinajstić information content (AvgIpc) is 3.30. The molecule has 2 saturated carbocycles.